The number of hydrogen-bond donors (Lipinski definition) is 1. The van der Waals surface area contributed by atoms with Gasteiger partial charge in [-0.05, 0) is 57.5 Å². The predicted molar refractivity (Wildman–Crippen MR) is 142 cm³/mol. The largest absolute Gasteiger partial charge is 0.357 e. The zero-order valence-electron chi connectivity index (χ0n) is 21.4. The van der Waals surface area contributed by atoms with Crippen molar-refractivity contribution in [3.8, 4) is 0 Å². The number of nitrogens with one attached hydrogen (secondary N) is 1. The number of carbonyl (C=O) groups excluding carboxylic acids is 2. The summed E-state index contributed by atoms with van der Waals surface area (Å²) in [4.78, 5) is 27.7. The Morgan fingerprint density at radius 3 is 1.78 bits per heavy atom. The molecule has 8 heteroatoms. The number of benzene rings is 3. The van der Waals surface area contributed by atoms with Crippen molar-refractivity contribution in [1.29, 1.82) is 0 Å². The van der Waals surface area contributed by atoms with Crippen molar-refractivity contribution in [3.05, 3.63) is 95.1 Å². The third-order valence-corrected chi connectivity index (χ3v) is 7.89. The standard InChI is InChI=1S/C28H33N3O4S/c1-20-6-12-24(13-7-20)18-30(23(4)28(33)29-5)27(32)19-31(25-14-8-21(2)9-15-25)36(34,35)26-16-10-22(3)11-17-26/h6-17,23H,18-19H2,1-5H3,(H,29,33). The molecule has 2 amide bonds. The van der Waals surface area contributed by atoms with Crippen LogP contribution in [0.5, 0.6) is 0 Å². The number of rotatable bonds is 9. The summed E-state index contributed by atoms with van der Waals surface area (Å²) in [5, 5.41) is 2.58. The van der Waals surface area contributed by atoms with Crippen LogP contribution in [0.2, 0.25) is 0 Å². The molecule has 3 aromatic rings. The van der Waals surface area contributed by atoms with Gasteiger partial charge in [-0.1, -0.05) is 65.2 Å². The molecule has 1 unspecified atom stereocenters. The van der Waals surface area contributed by atoms with Gasteiger partial charge in [-0.25, -0.2) is 8.42 Å². The van der Waals surface area contributed by atoms with Crippen molar-refractivity contribution in [2.45, 2.75) is 45.2 Å². The van der Waals surface area contributed by atoms with Gasteiger partial charge in [0.05, 0.1) is 10.6 Å². The smallest absolute Gasteiger partial charge is 0.264 e. The Morgan fingerprint density at radius 1 is 0.806 bits per heavy atom. The van der Waals surface area contributed by atoms with E-state index in [9.17, 15) is 18.0 Å². The van der Waals surface area contributed by atoms with Gasteiger partial charge in [-0.3, -0.25) is 13.9 Å². The van der Waals surface area contributed by atoms with Gasteiger partial charge in [-0.2, -0.15) is 0 Å². The topological polar surface area (TPSA) is 86.8 Å². The highest BCUT2D eigenvalue weighted by Gasteiger charge is 2.32. The second kappa shape index (κ2) is 11.4. The first kappa shape index (κ1) is 26.9. The van der Waals surface area contributed by atoms with Crippen LogP contribution >= 0.6 is 0 Å². The molecule has 0 aliphatic carbocycles. The molecule has 0 bridgehead atoms. The molecule has 1 N–H and O–H groups in total. The molecular weight excluding hydrogens is 474 g/mol. The molecular formula is C28H33N3O4S. The van der Waals surface area contributed by atoms with Crippen molar-refractivity contribution >= 4 is 27.5 Å². The highest BCUT2D eigenvalue weighted by molar-refractivity contribution is 7.92. The van der Waals surface area contributed by atoms with Crippen LogP contribution in [0.15, 0.2) is 77.7 Å². The second-order valence-corrected chi connectivity index (χ2v) is 10.8. The van der Waals surface area contributed by atoms with Crippen LogP contribution in [0, 0.1) is 20.8 Å². The average Bonchev–Trinajstić information content (AvgIpc) is 2.86. The lowest BCUT2D eigenvalue weighted by Crippen LogP contribution is -2.50. The highest BCUT2D eigenvalue weighted by Crippen LogP contribution is 2.25. The van der Waals surface area contributed by atoms with Crippen molar-refractivity contribution in [2.24, 2.45) is 0 Å². The lowest BCUT2D eigenvalue weighted by molar-refractivity contribution is -0.139. The molecule has 0 fully saturated rings. The van der Waals surface area contributed by atoms with Gasteiger partial charge >= 0.3 is 0 Å². The summed E-state index contributed by atoms with van der Waals surface area (Å²) < 4.78 is 28.5. The summed E-state index contributed by atoms with van der Waals surface area (Å²) in [5.74, 6) is -0.818. The first-order valence-corrected chi connectivity index (χ1v) is 13.2. The molecule has 0 aromatic heterocycles. The molecule has 3 rings (SSSR count). The van der Waals surface area contributed by atoms with E-state index in [0.717, 1.165) is 26.6 Å². The van der Waals surface area contributed by atoms with Crippen LogP contribution in [-0.4, -0.2) is 44.8 Å². The number of sulfonamides is 1. The highest BCUT2D eigenvalue weighted by atomic mass is 32.2. The van der Waals surface area contributed by atoms with Crippen molar-refractivity contribution in [2.75, 3.05) is 17.9 Å². The molecule has 0 aliphatic heterocycles. The Bertz CT molecular complexity index is 1300. The van der Waals surface area contributed by atoms with Gasteiger partial charge in [0, 0.05) is 13.6 Å². The minimum Gasteiger partial charge on any atom is -0.357 e. The minimum atomic E-state index is -4.06. The van der Waals surface area contributed by atoms with E-state index in [4.69, 9.17) is 0 Å². The Labute approximate surface area is 213 Å². The van der Waals surface area contributed by atoms with Gasteiger partial charge in [0.15, 0.2) is 0 Å². The number of hydrogen-bond acceptors (Lipinski definition) is 4. The van der Waals surface area contributed by atoms with E-state index in [0.29, 0.717) is 5.69 Å². The first-order chi connectivity index (χ1) is 17.0. The fourth-order valence-electron chi connectivity index (χ4n) is 3.76. The lowest BCUT2D eigenvalue weighted by Gasteiger charge is -2.31. The van der Waals surface area contributed by atoms with Crippen LogP contribution in [-0.2, 0) is 26.2 Å². The van der Waals surface area contributed by atoms with E-state index in [1.807, 2.05) is 45.0 Å². The van der Waals surface area contributed by atoms with Gasteiger partial charge in [0.2, 0.25) is 11.8 Å². The Morgan fingerprint density at radius 2 is 1.28 bits per heavy atom. The molecule has 190 valence electrons. The van der Waals surface area contributed by atoms with Gasteiger partial charge in [0.25, 0.3) is 10.0 Å². The summed E-state index contributed by atoms with van der Waals surface area (Å²) in [5.41, 5.74) is 4.18. The average molecular weight is 508 g/mol. The van der Waals surface area contributed by atoms with Crippen LogP contribution in [0.3, 0.4) is 0 Å². The molecule has 0 heterocycles. The molecule has 7 nitrogen and oxygen atoms in total. The van der Waals surface area contributed by atoms with Gasteiger partial charge < -0.3 is 10.2 Å². The maximum Gasteiger partial charge on any atom is 0.264 e. The Hall–Kier alpha value is -3.65. The molecule has 0 spiro atoms. The fraction of sp³-hybridized carbons (Fsp3) is 0.286. The first-order valence-electron chi connectivity index (χ1n) is 11.8. The SMILES string of the molecule is CNC(=O)C(C)N(Cc1ccc(C)cc1)C(=O)CN(c1ccc(C)cc1)S(=O)(=O)c1ccc(C)cc1. The molecule has 1 atom stereocenters. The normalized spacial score (nSPS) is 12.0. The van der Waals surface area contributed by atoms with E-state index in [2.05, 4.69) is 5.32 Å². The van der Waals surface area contributed by atoms with Crippen molar-refractivity contribution in [3.63, 3.8) is 0 Å². The summed E-state index contributed by atoms with van der Waals surface area (Å²) in [7, 11) is -2.55. The van der Waals surface area contributed by atoms with E-state index < -0.39 is 28.5 Å². The minimum absolute atomic E-state index is 0.0888. The van der Waals surface area contributed by atoms with Crippen LogP contribution < -0.4 is 9.62 Å². The second-order valence-electron chi connectivity index (χ2n) is 8.96. The zero-order valence-corrected chi connectivity index (χ0v) is 22.2. The number of nitrogens with zero attached hydrogens (tertiary/aromatic N) is 2. The molecule has 0 saturated heterocycles. The molecule has 3 aromatic carbocycles. The quantitative estimate of drug-likeness (QED) is 0.475. The third-order valence-electron chi connectivity index (χ3n) is 6.10. The van der Waals surface area contributed by atoms with Gasteiger partial charge in [-0.15, -0.1) is 0 Å². The van der Waals surface area contributed by atoms with E-state index in [1.165, 1.54) is 24.1 Å². The third kappa shape index (κ3) is 6.31. The lowest BCUT2D eigenvalue weighted by atomic mass is 10.1. The van der Waals surface area contributed by atoms with Crippen LogP contribution in [0.4, 0.5) is 5.69 Å². The summed E-state index contributed by atoms with van der Waals surface area (Å²) >= 11 is 0. The Balaban J connectivity index is 2.01. The predicted octanol–water partition coefficient (Wildman–Crippen LogP) is 3.97. The monoisotopic (exact) mass is 507 g/mol. The summed E-state index contributed by atoms with van der Waals surface area (Å²) in [6, 6.07) is 20.3. The fourth-order valence-corrected chi connectivity index (χ4v) is 5.17. The molecule has 0 saturated carbocycles. The number of likely N-dealkylation sites (N-methyl/N-ethyl adjacent to an activating group) is 1. The number of aryl methyl sites for hydroxylation is 3. The number of anilines is 1. The molecule has 36 heavy (non-hydrogen) atoms. The van der Waals surface area contributed by atoms with E-state index in [1.54, 1.807) is 43.3 Å². The maximum absolute atomic E-state index is 13.7. The van der Waals surface area contributed by atoms with Crippen LogP contribution in [0.1, 0.15) is 29.2 Å². The Kier molecular flexibility index (Phi) is 8.53. The van der Waals surface area contributed by atoms with E-state index >= 15 is 0 Å². The van der Waals surface area contributed by atoms with Gasteiger partial charge in [0.1, 0.15) is 12.6 Å². The van der Waals surface area contributed by atoms with Crippen LogP contribution in [0.25, 0.3) is 0 Å². The van der Waals surface area contributed by atoms with E-state index in [-0.39, 0.29) is 17.3 Å². The van der Waals surface area contributed by atoms with Crippen molar-refractivity contribution < 1.29 is 18.0 Å². The van der Waals surface area contributed by atoms with Crippen molar-refractivity contribution in [1.82, 2.24) is 10.2 Å². The number of amides is 2. The maximum atomic E-state index is 13.7. The summed E-state index contributed by atoms with van der Waals surface area (Å²) in [6.45, 7) is 7.10. The molecule has 0 radical (unpaired) electrons. The number of carbonyl (C=O) groups is 2. The zero-order chi connectivity index (χ0) is 26.5. The summed E-state index contributed by atoms with van der Waals surface area (Å²) in [6.07, 6.45) is 0. The molecule has 0 aliphatic rings.